The molecule has 4 amide bonds. The number of hydrogen-bond donors (Lipinski definition) is 2. The van der Waals surface area contributed by atoms with Crippen molar-refractivity contribution in [3.63, 3.8) is 0 Å². The summed E-state index contributed by atoms with van der Waals surface area (Å²) in [5, 5.41) is 4.82. The van der Waals surface area contributed by atoms with Crippen molar-refractivity contribution in [3.05, 3.63) is 35.9 Å². The molecule has 244 valence electrons. The number of carbonyl (C=O) groups excluding carboxylic acids is 7. The molecule has 1 rings (SSSR count). The van der Waals surface area contributed by atoms with Gasteiger partial charge in [0.15, 0.2) is 0 Å². The number of amides is 4. The fourth-order valence-corrected chi connectivity index (χ4v) is 2.92. The molecular formula is C26H36N4O14. The number of alkyl carbamates (subject to hydrolysis) is 2. The quantitative estimate of drug-likeness (QED) is 0.140. The van der Waals surface area contributed by atoms with Crippen LogP contribution < -0.4 is 10.6 Å². The minimum Gasteiger partial charge on any atom is -0.445 e. The Kier molecular flexibility index (Phi) is 17.9. The number of rotatable bonds is 17. The Morgan fingerprint density at radius 2 is 0.955 bits per heavy atom. The zero-order valence-electron chi connectivity index (χ0n) is 24.6. The SMILES string of the molecule is CC(=O)OCOC(=O)NCCN(CCN(CCNC(=O)OCc1ccccc1)C(=O)OCOC(C)=O)C(=O)OCOC(C)=O. The summed E-state index contributed by atoms with van der Waals surface area (Å²) in [4.78, 5) is 84.1. The average Bonchev–Trinajstić information content (AvgIpc) is 2.96. The minimum atomic E-state index is -0.961. The van der Waals surface area contributed by atoms with E-state index in [4.69, 9.17) is 14.2 Å². The van der Waals surface area contributed by atoms with Crippen molar-refractivity contribution in [3.8, 4) is 0 Å². The molecule has 0 aliphatic heterocycles. The maximum absolute atomic E-state index is 12.7. The first-order valence-electron chi connectivity index (χ1n) is 13.1. The van der Waals surface area contributed by atoms with Crippen molar-refractivity contribution >= 4 is 42.3 Å². The van der Waals surface area contributed by atoms with Gasteiger partial charge in [0.05, 0.1) is 0 Å². The third-order valence-corrected chi connectivity index (χ3v) is 5.01. The van der Waals surface area contributed by atoms with Crippen LogP contribution in [0.3, 0.4) is 0 Å². The molecule has 18 nitrogen and oxygen atoms in total. The van der Waals surface area contributed by atoms with Crippen LogP contribution in [0.5, 0.6) is 0 Å². The van der Waals surface area contributed by atoms with E-state index >= 15 is 0 Å². The van der Waals surface area contributed by atoms with Gasteiger partial charge in [-0.3, -0.25) is 14.4 Å². The number of nitrogens with one attached hydrogen (secondary N) is 2. The molecule has 18 heteroatoms. The third kappa shape index (κ3) is 18.2. The van der Waals surface area contributed by atoms with Crippen molar-refractivity contribution in [2.24, 2.45) is 0 Å². The molecule has 0 saturated heterocycles. The molecule has 1 aromatic carbocycles. The highest BCUT2D eigenvalue weighted by molar-refractivity contribution is 5.71. The van der Waals surface area contributed by atoms with E-state index in [0.717, 1.165) is 36.1 Å². The maximum atomic E-state index is 12.7. The Labute approximate surface area is 252 Å². The van der Waals surface area contributed by atoms with Gasteiger partial charge < -0.3 is 53.6 Å². The van der Waals surface area contributed by atoms with Crippen molar-refractivity contribution in [1.82, 2.24) is 20.4 Å². The van der Waals surface area contributed by atoms with E-state index < -0.39 is 62.7 Å². The second-order valence-corrected chi connectivity index (χ2v) is 8.40. The number of ether oxygens (including phenoxy) is 7. The molecule has 0 radical (unpaired) electrons. The first kappa shape index (κ1) is 36.7. The summed E-state index contributed by atoms with van der Waals surface area (Å²) in [6.45, 7) is 0.514. The summed E-state index contributed by atoms with van der Waals surface area (Å²) in [7, 11) is 0. The molecule has 2 N–H and O–H groups in total. The van der Waals surface area contributed by atoms with Gasteiger partial charge in [-0.1, -0.05) is 30.3 Å². The number of hydrogen-bond acceptors (Lipinski definition) is 14. The van der Waals surface area contributed by atoms with Crippen LogP contribution in [0.15, 0.2) is 30.3 Å². The van der Waals surface area contributed by atoms with Crippen LogP contribution in [0.25, 0.3) is 0 Å². The molecule has 0 aliphatic carbocycles. The topological polar surface area (TPSA) is 215 Å². The lowest BCUT2D eigenvalue weighted by Crippen LogP contribution is -2.46. The summed E-state index contributed by atoms with van der Waals surface area (Å²) in [6.07, 6.45) is -3.59. The van der Waals surface area contributed by atoms with Crippen molar-refractivity contribution in [2.45, 2.75) is 27.4 Å². The van der Waals surface area contributed by atoms with Gasteiger partial charge in [0.25, 0.3) is 0 Å². The zero-order valence-corrected chi connectivity index (χ0v) is 24.6. The Morgan fingerprint density at radius 1 is 0.545 bits per heavy atom. The van der Waals surface area contributed by atoms with Gasteiger partial charge in [-0.05, 0) is 5.56 Å². The first-order valence-corrected chi connectivity index (χ1v) is 13.1. The number of carbonyl (C=O) groups is 7. The van der Waals surface area contributed by atoms with E-state index in [1.54, 1.807) is 24.3 Å². The smallest absolute Gasteiger partial charge is 0.412 e. The number of nitrogens with zero attached hydrogens (tertiary/aromatic N) is 2. The molecule has 0 heterocycles. The molecule has 0 spiro atoms. The normalized spacial score (nSPS) is 9.89. The molecule has 0 saturated carbocycles. The maximum Gasteiger partial charge on any atom is 0.412 e. The van der Waals surface area contributed by atoms with Gasteiger partial charge >= 0.3 is 42.3 Å². The first-order chi connectivity index (χ1) is 21.0. The highest BCUT2D eigenvalue weighted by atomic mass is 16.7. The highest BCUT2D eigenvalue weighted by Crippen LogP contribution is 2.02. The zero-order chi connectivity index (χ0) is 32.7. The molecule has 1 aromatic rings. The molecule has 0 unspecified atom stereocenters. The monoisotopic (exact) mass is 628 g/mol. The van der Waals surface area contributed by atoms with Gasteiger partial charge in [-0.25, -0.2) is 19.2 Å². The Morgan fingerprint density at radius 3 is 1.39 bits per heavy atom. The van der Waals surface area contributed by atoms with Crippen LogP contribution in [-0.2, 0) is 54.1 Å². The molecule has 0 aromatic heterocycles. The second kappa shape index (κ2) is 21.4. The van der Waals surface area contributed by atoms with Gasteiger partial charge in [0.2, 0.25) is 20.4 Å². The van der Waals surface area contributed by atoms with E-state index in [1.165, 1.54) is 0 Å². The van der Waals surface area contributed by atoms with Gasteiger partial charge in [-0.15, -0.1) is 0 Å². The second-order valence-electron chi connectivity index (χ2n) is 8.40. The predicted octanol–water partition coefficient (Wildman–Crippen LogP) is 1.08. The fraction of sp³-hybridized carbons (Fsp3) is 0.500. The van der Waals surface area contributed by atoms with Crippen molar-refractivity contribution in [2.75, 3.05) is 59.6 Å². The molecular weight excluding hydrogens is 592 g/mol. The van der Waals surface area contributed by atoms with Crippen LogP contribution in [-0.4, -0.2) is 112 Å². The summed E-state index contributed by atoms with van der Waals surface area (Å²) >= 11 is 0. The summed E-state index contributed by atoms with van der Waals surface area (Å²) < 4.78 is 33.3. The van der Waals surface area contributed by atoms with Gasteiger partial charge in [0, 0.05) is 60.0 Å². The Bertz CT molecular complexity index is 1100. The van der Waals surface area contributed by atoms with Crippen molar-refractivity contribution in [1.29, 1.82) is 0 Å². The summed E-state index contributed by atoms with van der Waals surface area (Å²) in [6, 6.07) is 8.95. The van der Waals surface area contributed by atoms with Gasteiger partial charge in [0.1, 0.15) is 6.61 Å². The number of benzene rings is 1. The van der Waals surface area contributed by atoms with Crippen LogP contribution in [0, 0.1) is 0 Å². The highest BCUT2D eigenvalue weighted by Gasteiger charge is 2.21. The van der Waals surface area contributed by atoms with E-state index in [1.807, 2.05) is 6.07 Å². The van der Waals surface area contributed by atoms with E-state index in [2.05, 4.69) is 29.6 Å². The average molecular weight is 629 g/mol. The molecule has 0 aliphatic rings. The predicted molar refractivity (Wildman–Crippen MR) is 145 cm³/mol. The van der Waals surface area contributed by atoms with E-state index in [-0.39, 0.29) is 45.9 Å². The molecule has 0 fully saturated rings. The lowest BCUT2D eigenvalue weighted by Gasteiger charge is -2.27. The number of esters is 3. The Balaban J connectivity index is 2.77. The van der Waals surface area contributed by atoms with Crippen LogP contribution in [0.4, 0.5) is 19.2 Å². The van der Waals surface area contributed by atoms with Crippen LogP contribution in [0.1, 0.15) is 26.3 Å². The van der Waals surface area contributed by atoms with Gasteiger partial charge in [-0.2, -0.15) is 0 Å². The summed E-state index contributed by atoms with van der Waals surface area (Å²) in [5.74, 6) is -2.04. The lowest BCUT2D eigenvalue weighted by atomic mass is 10.2. The van der Waals surface area contributed by atoms with Crippen LogP contribution >= 0.6 is 0 Å². The Hall–Kier alpha value is -5.29. The third-order valence-electron chi connectivity index (χ3n) is 5.01. The fourth-order valence-electron chi connectivity index (χ4n) is 2.92. The standard InChI is InChI=1S/C26H36N4O14/c1-19(31)39-16-42-24(35)28-10-12-30(26(37)44-18-41-21(3)33)14-13-29(25(36)43-17-40-20(2)32)11-9-27-23(34)38-15-22-7-5-4-6-8-22/h4-8H,9-18H2,1-3H3,(H,27,34)(H,28,35). The molecule has 0 bridgehead atoms. The van der Waals surface area contributed by atoms with Crippen LogP contribution in [0.2, 0.25) is 0 Å². The minimum absolute atomic E-state index is 0.0244. The van der Waals surface area contributed by atoms with Crippen molar-refractivity contribution < 1.29 is 66.7 Å². The van der Waals surface area contributed by atoms with E-state index in [0.29, 0.717) is 0 Å². The summed E-state index contributed by atoms with van der Waals surface area (Å²) in [5.41, 5.74) is 0.770. The largest absolute Gasteiger partial charge is 0.445 e. The van der Waals surface area contributed by atoms with E-state index in [9.17, 15) is 33.6 Å². The lowest BCUT2D eigenvalue weighted by molar-refractivity contribution is -0.151. The molecule has 0 atom stereocenters. The molecule has 44 heavy (non-hydrogen) atoms.